The first-order chi connectivity index (χ1) is 12.2. The molecule has 1 aromatic carbocycles. The summed E-state index contributed by atoms with van der Waals surface area (Å²) in [4.78, 5) is 12.4. The third-order valence-corrected chi connectivity index (χ3v) is 9.44. The molecule has 1 rings (SSSR count). The average molecular weight is 395 g/mol. The van der Waals surface area contributed by atoms with Crippen LogP contribution >= 0.6 is 0 Å². The van der Waals surface area contributed by atoms with E-state index in [1.807, 2.05) is 51.1 Å². The number of carbonyl (C=O) groups is 1. The van der Waals surface area contributed by atoms with Crippen LogP contribution in [0.4, 0.5) is 4.79 Å². The van der Waals surface area contributed by atoms with Gasteiger partial charge in [-0.1, -0.05) is 51.1 Å². The fourth-order valence-electron chi connectivity index (χ4n) is 2.45. The van der Waals surface area contributed by atoms with Crippen LogP contribution in [0.1, 0.15) is 47.1 Å². The normalized spacial score (nSPS) is 15.1. The van der Waals surface area contributed by atoms with E-state index in [-0.39, 0.29) is 17.2 Å². The third-order valence-electron chi connectivity index (χ3n) is 4.93. The zero-order valence-electron chi connectivity index (χ0n) is 18.3. The second-order valence-electron chi connectivity index (χ2n) is 9.59. The largest absolute Gasteiger partial charge is 0.444 e. The summed E-state index contributed by atoms with van der Waals surface area (Å²) in [5, 5.41) is 3.06. The van der Waals surface area contributed by atoms with E-state index in [9.17, 15) is 4.79 Å². The van der Waals surface area contributed by atoms with Crippen LogP contribution in [0.25, 0.3) is 0 Å². The highest BCUT2D eigenvalue weighted by Crippen LogP contribution is 2.37. The molecule has 3 N–H and O–H groups in total. The van der Waals surface area contributed by atoms with E-state index in [0.29, 0.717) is 13.0 Å². The molecule has 2 atom stereocenters. The molecular weight excluding hydrogens is 356 g/mol. The number of alkyl carbamates (subject to hydrolysis) is 1. The molecule has 27 heavy (non-hydrogen) atoms. The summed E-state index contributed by atoms with van der Waals surface area (Å²) in [6.45, 7) is 16.9. The van der Waals surface area contributed by atoms with Gasteiger partial charge in [0.1, 0.15) is 5.60 Å². The molecule has 0 aliphatic heterocycles. The molecule has 0 radical (unpaired) electrons. The Morgan fingerprint density at radius 2 is 1.67 bits per heavy atom. The van der Waals surface area contributed by atoms with Crippen molar-refractivity contribution in [1.82, 2.24) is 5.32 Å². The highest BCUT2D eigenvalue weighted by atomic mass is 28.4. The Labute approximate surface area is 166 Å². The van der Waals surface area contributed by atoms with Gasteiger partial charge in [0, 0.05) is 6.54 Å². The Morgan fingerprint density at radius 1 is 1.11 bits per heavy atom. The topological polar surface area (TPSA) is 73.6 Å². The number of nitrogens with two attached hydrogens (primary N) is 1. The minimum absolute atomic E-state index is 0.0592. The average Bonchev–Trinajstić information content (AvgIpc) is 2.50. The smallest absolute Gasteiger partial charge is 0.407 e. The van der Waals surface area contributed by atoms with Crippen molar-refractivity contribution in [1.29, 1.82) is 0 Å². The molecule has 0 fully saturated rings. The lowest BCUT2D eigenvalue weighted by Crippen LogP contribution is -2.55. The Bertz CT molecular complexity index is 592. The minimum atomic E-state index is -2.04. The summed E-state index contributed by atoms with van der Waals surface area (Å²) < 4.78 is 12.0. The molecule has 0 unspecified atom stereocenters. The van der Waals surface area contributed by atoms with Crippen molar-refractivity contribution in [3.8, 4) is 0 Å². The van der Waals surface area contributed by atoms with Gasteiger partial charge in [-0.05, 0) is 50.9 Å². The monoisotopic (exact) mass is 394 g/mol. The van der Waals surface area contributed by atoms with Gasteiger partial charge in [0.25, 0.3) is 0 Å². The number of amides is 1. The molecule has 0 spiro atoms. The van der Waals surface area contributed by atoms with E-state index in [1.165, 1.54) is 0 Å². The van der Waals surface area contributed by atoms with E-state index in [0.717, 1.165) is 5.56 Å². The van der Waals surface area contributed by atoms with Crippen LogP contribution in [0, 0.1) is 0 Å². The fraction of sp³-hybridized carbons (Fsp3) is 0.667. The van der Waals surface area contributed by atoms with Crippen LogP contribution in [0.15, 0.2) is 30.3 Å². The summed E-state index contributed by atoms with van der Waals surface area (Å²) in [6, 6.07) is 9.79. The van der Waals surface area contributed by atoms with E-state index in [4.69, 9.17) is 14.9 Å². The van der Waals surface area contributed by atoms with Crippen LogP contribution in [-0.2, 0) is 15.6 Å². The van der Waals surface area contributed by atoms with Gasteiger partial charge in [0.15, 0.2) is 8.32 Å². The molecule has 0 aliphatic rings. The first kappa shape index (κ1) is 23.7. The molecule has 1 aromatic rings. The van der Waals surface area contributed by atoms with E-state index in [2.05, 4.69) is 39.2 Å². The number of rotatable bonds is 7. The van der Waals surface area contributed by atoms with Crippen LogP contribution < -0.4 is 11.1 Å². The standard InChI is InChI=1S/C21H38N2O3Si/c1-20(2,3)25-19(24)23-17(14-16-12-10-9-11-13-16)18(15-22)26-27(7,8)21(4,5)6/h9-13,17-18H,14-15,22H2,1-8H3,(H,23,24)/t17-,18+/m0/s1. The molecule has 0 saturated carbocycles. The minimum Gasteiger partial charge on any atom is -0.444 e. The van der Waals surface area contributed by atoms with Crippen LogP contribution in [-0.4, -0.2) is 38.7 Å². The lowest BCUT2D eigenvalue weighted by molar-refractivity contribution is 0.0439. The molecule has 5 nitrogen and oxygen atoms in total. The van der Waals surface area contributed by atoms with Gasteiger partial charge < -0.3 is 20.2 Å². The van der Waals surface area contributed by atoms with Gasteiger partial charge in [0.05, 0.1) is 12.1 Å². The summed E-state index contributed by atoms with van der Waals surface area (Å²) in [5.74, 6) is 0. The van der Waals surface area contributed by atoms with Gasteiger partial charge in [-0.25, -0.2) is 4.79 Å². The molecule has 6 heteroatoms. The molecule has 154 valence electrons. The second-order valence-corrected chi connectivity index (χ2v) is 14.4. The molecule has 1 amide bonds. The van der Waals surface area contributed by atoms with E-state index in [1.54, 1.807) is 0 Å². The predicted octanol–water partition coefficient (Wildman–Crippen LogP) is 4.47. The number of nitrogens with one attached hydrogen (secondary N) is 1. The van der Waals surface area contributed by atoms with Crippen LogP contribution in [0.5, 0.6) is 0 Å². The first-order valence-corrected chi connectivity index (χ1v) is 12.6. The van der Waals surface area contributed by atoms with Gasteiger partial charge in [-0.3, -0.25) is 0 Å². The summed E-state index contributed by atoms with van der Waals surface area (Å²) in [7, 11) is -2.04. The second kappa shape index (κ2) is 9.21. The zero-order valence-corrected chi connectivity index (χ0v) is 19.3. The van der Waals surface area contributed by atoms with Crippen molar-refractivity contribution in [2.45, 2.75) is 83.8 Å². The predicted molar refractivity (Wildman–Crippen MR) is 114 cm³/mol. The first-order valence-electron chi connectivity index (χ1n) is 9.66. The molecule has 0 bridgehead atoms. The van der Waals surface area contributed by atoms with E-state index >= 15 is 0 Å². The number of hydrogen-bond donors (Lipinski definition) is 2. The summed E-state index contributed by atoms with van der Waals surface area (Å²) in [6.07, 6.45) is -0.0874. The maximum absolute atomic E-state index is 12.4. The van der Waals surface area contributed by atoms with Crippen molar-refractivity contribution in [2.75, 3.05) is 6.54 Å². The lowest BCUT2D eigenvalue weighted by atomic mass is 10.0. The fourth-order valence-corrected chi connectivity index (χ4v) is 3.82. The van der Waals surface area contributed by atoms with Crippen molar-refractivity contribution in [3.63, 3.8) is 0 Å². The van der Waals surface area contributed by atoms with Gasteiger partial charge in [-0.2, -0.15) is 0 Å². The Hall–Kier alpha value is -1.37. The molecule has 0 heterocycles. The Balaban J connectivity index is 3.04. The van der Waals surface area contributed by atoms with Crippen LogP contribution in [0.3, 0.4) is 0 Å². The highest BCUT2D eigenvalue weighted by molar-refractivity contribution is 6.74. The van der Waals surface area contributed by atoms with E-state index < -0.39 is 20.0 Å². The van der Waals surface area contributed by atoms with Crippen molar-refractivity contribution in [3.05, 3.63) is 35.9 Å². The Morgan fingerprint density at radius 3 is 2.11 bits per heavy atom. The van der Waals surface area contributed by atoms with Crippen molar-refractivity contribution in [2.24, 2.45) is 5.73 Å². The summed E-state index contributed by atoms with van der Waals surface area (Å²) in [5.41, 5.74) is 6.65. The summed E-state index contributed by atoms with van der Waals surface area (Å²) >= 11 is 0. The number of benzene rings is 1. The van der Waals surface area contributed by atoms with Crippen LogP contribution in [0.2, 0.25) is 18.1 Å². The maximum atomic E-state index is 12.4. The lowest BCUT2D eigenvalue weighted by Gasteiger charge is -2.41. The van der Waals surface area contributed by atoms with Crippen molar-refractivity contribution >= 4 is 14.4 Å². The van der Waals surface area contributed by atoms with Gasteiger partial charge in [0.2, 0.25) is 0 Å². The van der Waals surface area contributed by atoms with Crippen molar-refractivity contribution < 1.29 is 14.0 Å². The molecule has 0 aromatic heterocycles. The van der Waals surface area contributed by atoms with Gasteiger partial charge >= 0.3 is 6.09 Å². The number of carbonyl (C=O) groups excluding carboxylic acids is 1. The molecule has 0 saturated heterocycles. The maximum Gasteiger partial charge on any atom is 0.407 e. The van der Waals surface area contributed by atoms with Gasteiger partial charge in [-0.15, -0.1) is 0 Å². The SMILES string of the molecule is CC(C)(C)OC(=O)N[C@@H](Cc1ccccc1)[C@@H](CN)O[Si](C)(C)C(C)(C)C. The highest BCUT2D eigenvalue weighted by Gasteiger charge is 2.41. The number of ether oxygens (including phenoxy) is 1. The number of hydrogen-bond acceptors (Lipinski definition) is 4. The third kappa shape index (κ3) is 8.03. The Kier molecular flexibility index (Phi) is 8.08. The molecular formula is C21H38N2O3Si. The quantitative estimate of drug-likeness (QED) is 0.669. The molecule has 0 aliphatic carbocycles. The zero-order chi connectivity index (χ0) is 20.9.